The number of aromatic nitrogens is 1. The van der Waals surface area contributed by atoms with E-state index in [1.54, 1.807) is 12.1 Å². The second-order valence-corrected chi connectivity index (χ2v) is 9.66. The number of aliphatic hydroxyl groups is 1. The molecule has 186 valence electrons. The zero-order valence-corrected chi connectivity index (χ0v) is 19.7. The van der Waals surface area contributed by atoms with Crippen molar-refractivity contribution in [1.29, 1.82) is 0 Å². The molecular weight excluding hydrogens is 452 g/mol. The number of hydrogen-bond acceptors (Lipinski definition) is 8. The van der Waals surface area contributed by atoms with E-state index in [9.17, 15) is 15.3 Å². The van der Waals surface area contributed by atoms with Gasteiger partial charge in [0.1, 0.15) is 23.7 Å². The third-order valence-electron chi connectivity index (χ3n) is 7.71. The number of aromatic hydroxyl groups is 2. The molecule has 4 N–H and O–H groups in total. The van der Waals surface area contributed by atoms with E-state index in [-0.39, 0.29) is 48.0 Å². The average Bonchev–Trinajstić information content (AvgIpc) is 3.18. The summed E-state index contributed by atoms with van der Waals surface area (Å²) in [5.74, 6) is 0.283. The minimum absolute atomic E-state index is 0.0253. The Morgan fingerprint density at radius 3 is 2.71 bits per heavy atom. The molecule has 2 aliphatic carbocycles. The Morgan fingerprint density at radius 2 is 1.97 bits per heavy atom. The molecule has 1 aromatic heterocycles. The van der Waals surface area contributed by atoms with Crippen molar-refractivity contribution in [2.24, 2.45) is 5.92 Å². The maximum Gasteiger partial charge on any atom is 0.300 e. The first-order chi connectivity index (χ1) is 16.8. The summed E-state index contributed by atoms with van der Waals surface area (Å²) in [5, 5.41) is 37.1. The predicted octanol–water partition coefficient (Wildman–Crippen LogP) is 2.11. The third kappa shape index (κ3) is 3.74. The predicted molar refractivity (Wildman–Crippen MR) is 125 cm³/mol. The summed E-state index contributed by atoms with van der Waals surface area (Å²) in [6, 6.07) is 7.43. The van der Waals surface area contributed by atoms with E-state index in [4.69, 9.17) is 19.4 Å². The van der Waals surface area contributed by atoms with Crippen LogP contribution in [0.25, 0.3) is 0 Å². The van der Waals surface area contributed by atoms with E-state index >= 15 is 0 Å². The molecule has 0 unspecified atom stereocenters. The summed E-state index contributed by atoms with van der Waals surface area (Å²) in [6.07, 6.45) is 5.80. The number of aliphatic carboxylic acids is 1. The van der Waals surface area contributed by atoms with Gasteiger partial charge in [0.05, 0.1) is 18.9 Å². The fourth-order valence-corrected chi connectivity index (χ4v) is 6.28. The minimum atomic E-state index is -0.833. The fraction of sp³-hybridized carbons (Fsp3) is 0.462. The Balaban J connectivity index is 0.000000591. The quantitative estimate of drug-likeness (QED) is 0.484. The Hall–Kier alpha value is -3.14. The molecule has 1 saturated heterocycles. The second-order valence-electron chi connectivity index (χ2n) is 9.66. The highest BCUT2D eigenvalue weighted by Gasteiger charge is 2.64. The molecule has 0 radical (unpaired) electrons. The SMILES string of the molecule is CC(=O)O.CN1CC[C@]23c4c5ccc(O)c4O[C@@H]2[C@@H](OCc2ccc(O)c(CO)n2)C=C[C@H]3[C@H]1C5. The molecule has 9 heteroatoms. The molecule has 1 aromatic carbocycles. The van der Waals surface area contributed by atoms with Gasteiger partial charge in [0.2, 0.25) is 0 Å². The van der Waals surface area contributed by atoms with Crippen LogP contribution in [-0.2, 0) is 34.6 Å². The van der Waals surface area contributed by atoms with E-state index in [1.807, 2.05) is 0 Å². The molecule has 9 nitrogen and oxygen atoms in total. The summed E-state index contributed by atoms with van der Waals surface area (Å²) >= 11 is 0. The number of rotatable bonds is 4. The lowest BCUT2D eigenvalue weighted by molar-refractivity contribution is -0.134. The van der Waals surface area contributed by atoms with Crippen molar-refractivity contribution >= 4 is 5.97 Å². The molecule has 2 aliphatic heterocycles. The van der Waals surface area contributed by atoms with Crippen LogP contribution in [0.5, 0.6) is 17.2 Å². The van der Waals surface area contributed by atoms with Crippen molar-refractivity contribution in [3.63, 3.8) is 0 Å². The van der Waals surface area contributed by atoms with Gasteiger partial charge in [-0.3, -0.25) is 4.79 Å². The number of carbonyl (C=O) groups is 1. The van der Waals surface area contributed by atoms with E-state index < -0.39 is 5.97 Å². The van der Waals surface area contributed by atoms with Crippen molar-refractivity contribution in [3.8, 4) is 17.2 Å². The first-order valence-electron chi connectivity index (χ1n) is 11.8. The number of benzene rings is 1. The first kappa shape index (κ1) is 23.6. The van der Waals surface area contributed by atoms with Crippen LogP contribution in [0.3, 0.4) is 0 Å². The standard InChI is InChI=1S/C24H26N2O5.C2H4O2/c1-26-9-8-24-15-4-7-20(30-12-14-3-6-18(28)16(11-27)25-14)23(24)31-22-19(29)5-2-13(21(22)24)10-17(15)26;1-2(3)4/h2-7,15,17,20,23,27-29H,8-12H2,1H3;1H3,(H,3,4)/t15-,17+,20-,23+,24-;/m0./s1. The number of phenolic OH excluding ortho intramolecular Hbond substituents is 1. The van der Waals surface area contributed by atoms with Crippen LogP contribution in [0, 0.1) is 5.92 Å². The van der Waals surface area contributed by atoms with Gasteiger partial charge in [0.25, 0.3) is 5.97 Å². The van der Waals surface area contributed by atoms with Crippen LogP contribution in [0.15, 0.2) is 36.4 Å². The molecule has 6 rings (SSSR count). The summed E-state index contributed by atoms with van der Waals surface area (Å²) in [6.45, 7) is 1.97. The maximum atomic E-state index is 10.6. The Bertz CT molecular complexity index is 1180. The highest BCUT2D eigenvalue weighted by Crippen LogP contribution is 2.62. The monoisotopic (exact) mass is 482 g/mol. The lowest BCUT2D eigenvalue weighted by Gasteiger charge is -2.56. The van der Waals surface area contributed by atoms with E-state index in [0.717, 1.165) is 26.3 Å². The summed E-state index contributed by atoms with van der Waals surface area (Å²) in [4.78, 5) is 15.7. The number of phenols is 1. The van der Waals surface area contributed by atoms with Gasteiger partial charge in [-0.2, -0.15) is 0 Å². The first-order valence-corrected chi connectivity index (χ1v) is 11.8. The highest BCUT2D eigenvalue weighted by atomic mass is 16.5. The molecule has 3 heterocycles. The lowest BCUT2D eigenvalue weighted by atomic mass is 9.53. The van der Waals surface area contributed by atoms with Crippen molar-refractivity contribution in [2.75, 3.05) is 13.6 Å². The van der Waals surface area contributed by atoms with Gasteiger partial charge in [-0.05, 0) is 50.2 Å². The van der Waals surface area contributed by atoms with Crippen LogP contribution in [0.1, 0.15) is 35.9 Å². The van der Waals surface area contributed by atoms with Gasteiger partial charge in [-0.25, -0.2) is 4.98 Å². The van der Waals surface area contributed by atoms with Crippen LogP contribution < -0.4 is 4.74 Å². The second kappa shape index (κ2) is 8.82. The molecule has 4 aliphatic rings. The van der Waals surface area contributed by atoms with Crippen molar-refractivity contribution in [3.05, 3.63) is 58.9 Å². The number of likely N-dealkylation sites (N-methyl/N-ethyl adjacent to an activating group) is 1. The average molecular weight is 483 g/mol. The number of carboxylic acids is 1. The fourth-order valence-electron chi connectivity index (χ4n) is 6.28. The number of piperidine rings is 1. The van der Waals surface area contributed by atoms with Gasteiger partial charge in [-0.1, -0.05) is 18.2 Å². The van der Waals surface area contributed by atoms with Crippen LogP contribution in [0.4, 0.5) is 0 Å². The van der Waals surface area contributed by atoms with E-state index in [2.05, 4.69) is 35.1 Å². The largest absolute Gasteiger partial charge is 0.506 e. The van der Waals surface area contributed by atoms with Crippen molar-refractivity contribution in [1.82, 2.24) is 9.88 Å². The number of ether oxygens (including phenoxy) is 2. The molecular formula is C26H30N2O7. The normalized spacial score (nSPS) is 29.6. The Kier molecular flexibility index (Phi) is 5.94. The molecule has 0 saturated carbocycles. The van der Waals surface area contributed by atoms with Gasteiger partial charge >= 0.3 is 0 Å². The molecule has 0 amide bonds. The minimum Gasteiger partial charge on any atom is -0.506 e. The Morgan fingerprint density at radius 1 is 1.23 bits per heavy atom. The van der Waals surface area contributed by atoms with Gasteiger partial charge in [0, 0.05) is 29.9 Å². The van der Waals surface area contributed by atoms with Crippen molar-refractivity contribution < 1.29 is 34.7 Å². The maximum absolute atomic E-state index is 10.6. The topological polar surface area (TPSA) is 133 Å². The smallest absolute Gasteiger partial charge is 0.300 e. The number of aliphatic hydroxyl groups excluding tert-OH is 1. The lowest BCUT2D eigenvalue weighted by Crippen LogP contribution is -2.65. The van der Waals surface area contributed by atoms with Crippen LogP contribution in [0.2, 0.25) is 0 Å². The summed E-state index contributed by atoms with van der Waals surface area (Å²) in [7, 11) is 2.19. The number of hydrogen-bond donors (Lipinski definition) is 4. The summed E-state index contributed by atoms with van der Waals surface area (Å²) < 4.78 is 12.8. The number of pyridine rings is 1. The number of carboxylic acid groups (broad SMARTS) is 1. The molecule has 2 bridgehead atoms. The van der Waals surface area contributed by atoms with Gasteiger partial charge in [-0.15, -0.1) is 0 Å². The highest BCUT2D eigenvalue weighted by molar-refractivity contribution is 5.63. The number of likely N-dealkylation sites (tertiary alicyclic amines) is 1. The van der Waals surface area contributed by atoms with E-state index in [0.29, 0.717) is 23.4 Å². The number of nitrogens with zero attached hydrogens (tertiary/aromatic N) is 2. The van der Waals surface area contributed by atoms with E-state index in [1.165, 1.54) is 17.2 Å². The van der Waals surface area contributed by atoms with Crippen molar-refractivity contribution in [2.45, 2.75) is 56.6 Å². The van der Waals surface area contributed by atoms with Gasteiger partial charge < -0.3 is 34.8 Å². The van der Waals surface area contributed by atoms with Gasteiger partial charge in [0.15, 0.2) is 11.5 Å². The van der Waals surface area contributed by atoms with Crippen LogP contribution >= 0.6 is 0 Å². The zero-order valence-electron chi connectivity index (χ0n) is 19.7. The molecule has 35 heavy (non-hydrogen) atoms. The van der Waals surface area contributed by atoms with Crippen LogP contribution in [-0.4, -0.2) is 68.1 Å². The molecule has 5 atom stereocenters. The zero-order chi connectivity index (χ0) is 24.9. The molecule has 1 spiro atoms. The molecule has 1 fully saturated rings. The summed E-state index contributed by atoms with van der Waals surface area (Å²) in [5.41, 5.74) is 3.12. The molecule has 2 aromatic rings. The third-order valence-corrected chi connectivity index (χ3v) is 7.71. The Labute approximate surface area is 203 Å².